The molecule has 0 heterocycles. The molecule has 0 fully saturated rings. The summed E-state index contributed by atoms with van der Waals surface area (Å²) in [5.41, 5.74) is 5.34. The lowest BCUT2D eigenvalue weighted by molar-refractivity contribution is -0.161. The fraction of sp³-hybridized carbons (Fsp3) is 0.510. The average molecular weight is 838 g/mol. The van der Waals surface area contributed by atoms with Gasteiger partial charge in [-0.05, 0) is 89.9 Å². The standard InChI is InChI=1S/C49H76NO8P/c1-3-5-7-9-11-13-15-17-19-21-23-25-27-29-31-33-35-37-39-41-48(51)55-45-47(46-57-59(53,54)56-44-43-50)58-49(52)42-40-38-36-34-32-30-28-26-24-22-20-18-16-14-12-10-8-6-4-2/h5,7,11-14,17-20,23-26,29-32,35-38,47H,3-4,6,8-10,15-16,21-22,27-28,33-34,39-46,50H2,1-2H3,(H,53,54)/b7-5-,13-11-,14-12-,19-17-,20-18-,25-23-,26-24-,31-29-,32-30-,37-35-,38-36-/t47-/m1/s1. The van der Waals surface area contributed by atoms with E-state index in [2.05, 4.69) is 123 Å². The first-order valence-electron chi connectivity index (χ1n) is 21.7. The summed E-state index contributed by atoms with van der Waals surface area (Å²) < 4.78 is 32.6. The molecule has 0 aliphatic heterocycles. The van der Waals surface area contributed by atoms with E-state index in [1.54, 1.807) is 0 Å². The molecule has 2 atom stereocenters. The summed E-state index contributed by atoms with van der Waals surface area (Å²) in [4.78, 5) is 34.8. The number of nitrogens with two attached hydrogens (primary N) is 1. The largest absolute Gasteiger partial charge is 0.472 e. The lowest BCUT2D eigenvalue weighted by atomic mass is 10.2. The Bertz CT molecular complexity index is 1420. The number of hydrogen-bond donors (Lipinski definition) is 2. The molecule has 1 unspecified atom stereocenters. The molecule has 0 aromatic rings. The monoisotopic (exact) mass is 838 g/mol. The van der Waals surface area contributed by atoms with Crippen molar-refractivity contribution >= 4 is 19.8 Å². The van der Waals surface area contributed by atoms with Crippen LogP contribution in [0.5, 0.6) is 0 Å². The van der Waals surface area contributed by atoms with Crippen LogP contribution in [0.15, 0.2) is 134 Å². The zero-order valence-corrected chi connectivity index (χ0v) is 37.1. The molecule has 10 heteroatoms. The van der Waals surface area contributed by atoms with Gasteiger partial charge in [-0.3, -0.25) is 18.6 Å². The van der Waals surface area contributed by atoms with Crippen LogP contribution in [0.4, 0.5) is 0 Å². The van der Waals surface area contributed by atoms with Gasteiger partial charge in [0.25, 0.3) is 0 Å². The number of carbonyl (C=O) groups is 2. The second-order valence-corrected chi connectivity index (χ2v) is 14.9. The Balaban J connectivity index is 4.44. The van der Waals surface area contributed by atoms with Crippen molar-refractivity contribution < 1.29 is 37.6 Å². The number of unbranched alkanes of at least 4 members (excludes halogenated alkanes) is 3. The zero-order valence-electron chi connectivity index (χ0n) is 36.2. The van der Waals surface area contributed by atoms with Crippen molar-refractivity contribution in [3.8, 4) is 0 Å². The molecular formula is C49H76NO8P. The number of phosphoric ester groups is 1. The van der Waals surface area contributed by atoms with Crippen LogP contribution >= 0.6 is 7.82 Å². The summed E-state index contributed by atoms with van der Waals surface area (Å²) in [5.74, 6) is -1.04. The molecule has 0 aliphatic carbocycles. The van der Waals surface area contributed by atoms with Gasteiger partial charge in [-0.25, -0.2) is 4.57 Å². The summed E-state index contributed by atoms with van der Waals surface area (Å²) in [5, 5.41) is 0. The van der Waals surface area contributed by atoms with Gasteiger partial charge in [0.05, 0.1) is 13.2 Å². The van der Waals surface area contributed by atoms with Gasteiger partial charge in [-0.15, -0.1) is 0 Å². The Hall–Kier alpha value is -3.85. The molecule has 0 aromatic carbocycles. The lowest BCUT2D eigenvalue weighted by Gasteiger charge is -2.19. The highest BCUT2D eigenvalue weighted by molar-refractivity contribution is 7.47. The van der Waals surface area contributed by atoms with E-state index in [1.165, 1.54) is 25.7 Å². The molecule has 0 spiro atoms. The number of allylic oxidation sites excluding steroid dienone is 22. The maximum Gasteiger partial charge on any atom is 0.472 e. The fourth-order valence-corrected chi connectivity index (χ4v) is 5.64. The molecule has 0 radical (unpaired) electrons. The van der Waals surface area contributed by atoms with Crippen molar-refractivity contribution in [1.29, 1.82) is 0 Å². The molecule has 0 saturated heterocycles. The number of hydrogen-bond acceptors (Lipinski definition) is 8. The number of phosphoric acid groups is 1. The summed E-state index contributed by atoms with van der Waals surface area (Å²) >= 11 is 0. The predicted molar refractivity (Wildman–Crippen MR) is 247 cm³/mol. The van der Waals surface area contributed by atoms with Gasteiger partial charge in [0.1, 0.15) is 6.61 Å². The third kappa shape index (κ3) is 43.6. The molecule has 9 nitrogen and oxygen atoms in total. The molecule has 3 N–H and O–H groups in total. The number of ether oxygens (including phenoxy) is 2. The van der Waals surface area contributed by atoms with E-state index in [4.69, 9.17) is 24.3 Å². The number of carbonyl (C=O) groups excluding carboxylic acids is 2. The van der Waals surface area contributed by atoms with Gasteiger partial charge in [0.2, 0.25) is 0 Å². The van der Waals surface area contributed by atoms with Gasteiger partial charge < -0.3 is 20.1 Å². The number of esters is 2. The van der Waals surface area contributed by atoms with Crippen molar-refractivity contribution in [3.05, 3.63) is 134 Å². The van der Waals surface area contributed by atoms with E-state index >= 15 is 0 Å². The molecule has 330 valence electrons. The van der Waals surface area contributed by atoms with Crippen LogP contribution in [-0.4, -0.2) is 49.3 Å². The lowest BCUT2D eigenvalue weighted by Crippen LogP contribution is -2.29. The Morgan fingerprint density at radius 3 is 1.32 bits per heavy atom. The highest BCUT2D eigenvalue weighted by Gasteiger charge is 2.25. The molecule has 0 aromatic heterocycles. The summed E-state index contributed by atoms with van der Waals surface area (Å²) in [6, 6.07) is 0. The van der Waals surface area contributed by atoms with E-state index < -0.39 is 32.5 Å². The molecular weight excluding hydrogens is 762 g/mol. The topological polar surface area (TPSA) is 134 Å². The Kier molecular flexibility index (Phi) is 40.9. The van der Waals surface area contributed by atoms with Gasteiger partial charge in [-0.2, -0.15) is 0 Å². The minimum atomic E-state index is -4.42. The molecule has 0 aliphatic rings. The van der Waals surface area contributed by atoms with Gasteiger partial charge >= 0.3 is 19.8 Å². The van der Waals surface area contributed by atoms with Gasteiger partial charge in [0, 0.05) is 19.4 Å². The van der Waals surface area contributed by atoms with Crippen LogP contribution in [0.1, 0.15) is 129 Å². The SMILES string of the molecule is CC/C=C\C/C=C\C/C=C\C/C=C\C/C=C\C/C=C\CCC(=O)OC[C@H](COP(=O)(O)OCCN)OC(=O)CC/C=C\C/C=C\C/C=C\C/C=C\C/C=C\CCCCC. The van der Waals surface area contributed by atoms with Crippen LogP contribution in [0, 0.1) is 0 Å². The van der Waals surface area contributed by atoms with E-state index in [9.17, 15) is 19.0 Å². The maximum atomic E-state index is 12.6. The van der Waals surface area contributed by atoms with Crippen LogP contribution in [0.3, 0.4) is 0 Å². The first kappa shape index (κ1) is 55.2. The molecule has 0 rings (SSSR count). The Morgan fingerprint density at radius 2 is 0.915 bits per heavy atom. The van der Waals surface area contributed by atoms with Crippen LogP contribution < -0.4 is 5.73 Å². The van der Waals surface area contributed by atoms with Crippen molar-refractivity contribution in [2.24, 2.45) is 5.73 Å². The quantitative estimate of drug-likeness (QED) is 0.0270. The molecule has 0 bridgehead atoms. The van der Waals surface area contributed by atoms with Crippen molar-refractivity contribution in [2.45, 2.75) is 136 Å². The normalized spacial score (nSPS) is 14.6. The third-order valence-electron chi connectivity index (χ3n) is 8.05. The van der Waals surface area contributed by atoms with Crippen molar-refractivity contribution in [2.75, 3.05) is 26.4 Å². The van der Waals surface area contributed by atoms with E-state index in [-0.39, 0.29) is 32.6 Å². The predicted octanol–water partition coefficient (Wildman–Crippen LogP) is 12.7. The van der Waals surface area contributed by atoms with Crippen molar-refractivity contribution in [3.63, 3.8) is 0 Å². The summed E-state index contributed by atoms with van der Waals surface area (Å²) in [7, 11) is -4.42. The van der Waals surface area contributed by atoms with E-state index in [0.29, 0.717) is 12.8 Å². The summed E-state index contributed by atoms with van der Waals surface area (Å²) in [6.45, 7) is 3.38. The molecule has 0 saturated carbocycles. The average Bonchev–Trinajstić information content (AvgIpc) is 3.22. The second-order valence-electron chi connectivity index (χ2n) is 13.5. The molecule has 0 amide bonds. The van der Waals surface area contributed by atoms with E-state index in [0.717, 1.165) is 64.2 Å². The highest BCUT2D eigenvalue weighted by Crippen LogP contribution is 2.43. The van der Waals surface area contributed by atoms with Crippen LogP contribution in [-0.2, 0) is 32.7 Å². The zero-order chi connectivity index (χ0) is 43.2. The Morgan fingerprint density at radius 1 is 0.525 bits per heavy atom. The third-order valence-corrected chi connectivity index (χ3v) is 9.03. The maximum absolute atomic E-state index is 12.6. The van der Waals surface area contributed by atoms with Crippen LogP contribution in [0.2, 0.25) is 0 Å². The first-order valence-corrected chi connectivity index (χ1v) is 23.2. The minimum Gasteiger partial charge on any atom is -0.462 e. The molecule has 59 heavy (non-hydrogen) atoms. The highest BCUT2D eigenvalue weighted by atomic mass is 31.2. The van der Waals surface area contributed by atoms with Crippen LogP contribution in [0.25, 0.3) is 0 Å². The number of rotatable bonds is 38. The fourth-order valence-electron chi connectivity index (χ4n) is 4.88. The summed E-state index contributed by atoms with van der Waals surface area (Å²) in [6.07, 6.45) is 60.8. The van der Waals surface area contributed by atoms with E-state index in [1.807, 2.05) is 24.3 Å². The van der Waals surface area contributed by atoms with Gasteiger partial charge in [0.15, 0.2) is 6.10 Å². The minimum absolute atomic E-state index is 0.0244. The first-order chi connectivity index (χ1) is 28.8. The second kappa shape index (κ2) is 43.7. The van der Waals surface area contributed by atoms with Crippen molar-refractivity contribution in [1.82, 2.24) is 0 Å². The Labute approximate surface area is 357 Å². The van der Waals surface area contributed by atoms with Gasteiger partial charge in [-0.1, -0.05) is 160 Å². The smallest absolute Gasteiger partial charge is 0.462 e.